The summed E-state index contributed by atoms with van der Waals surface area (Å²) in [5.41, 5.74) is 0.0491. The van der Waals surface area contributed by atoms with Gasteiger partial charge < -0.3 is 4.74 Å². The molecular weight excluding hydrogens is 339 g/mol. The lowest BCUT2D eigenvalue weighted by atomic mass is 10.0. The van der Waals surface area contributed by atoms with Crippen LogP contribution in [0.15, 0.2) is 47.2 Å². The van der Waals surface area contributed by atoms with E-state index in [1.165, 1.54) is 42.7 Å². The Hall–Kier alpha value is -1.89. The predicted molar refractivity (Wildman–Crippen MR) is 68.5 cm³/mol. The van der Waals surface area contributed by atoms with E-state index < -0.39 is 17.9 Å². The summed E-state index contributed by atoms with van der Waals surface area (Å²) < 4.78 is 41.2. The Kier molecular flexibility index (Phi) is 4.08. The summed E-state index contributed by atoms with van der Waals surface area (Å²) in [5, 5.41) is 0. The number of aromatic nitrogens is 1. The molecule has 0 bridgehead atoms. The van der Waals surface area contributed by atoms with Gasteiger partial charge in [0, 0.05) is 18.0 Å². The molecule has 0 unspecified atom stereocenters. The van der Waals surface area contributed by atoms with E-state index in [-0.39, 0.29) is 15.6 Å². The third-order valence-electron chi connectivity index (χ3n) is 2.37. The SMILES string of the molecule is O=C(c1ccncc1)c1cccc(Br)c1OC(F)(F)F. The minimum Gasteiger partial charge on any atom is -0.404 e. The van der Waals surface area contributed by atoms with Crippen molar-refractivity contribution in [2.24, 2.45) is 0 Å². The zero-order valence-electron chi connectivity index (χ0n) is 9.82. The molecule has 1 aromatic carbocycles. The van der Waals surface area contributed by atoms with E-state index in [1.54, 1.807) is 0 Å². The van der Waals surface area contributed by atoms with Gasteiger partial charge in [-0.25, -0.2) is 0 Å². The zero-order valence-corrected chi connectivity index (χ0v) is 11.4. The Morgan fingerprint density at radius 2 is 1.80 bits per heavy atom. The fourth-order valence-corrected chi connectivity index (χ4v) is 2.01. The topological polar surface area (TPSA) is 39.2 Å². The number of ketones is 1. The van der Waals surface area contributed by atoms with Crippen LogP contribution in [-0.4, -0.2) is 17.1 Å². The number of halogens is 4. The van der Waals surface area contributed by atoms with Crippen LogP contribution in [0.1, 0.15) is 15.9 Å². The summed E-state index contributed by atoms with van der Waals surface area (Å²) in [7, 11) is 0. The summed E-state index contributed by atoms with van der Waals surface area (Å²) in [5.74, 6) is -1.13. The third kappa shape index (κ3) is 3.36. The number of carbonyl (C=O) groups excluding carboxylic acids is 1. The molecule has 0 amide bonds. The largest absolute Gasteiger partial charge is 0.573 e. The van der Waals surface area contributed by atoms with Crippen LogP contribution < -0.4 is 4.74 Å². The van der Waals surface area contributed by atoms with Crippen LogP contribution in [0.2, 0.25) is 0 Å². The van der Waals surface area contributed by atoms with Crippen LogP contribution in [0, 0.1) is 0 Å². The number of alkyl halides is 3. The zero-order chi connectivity index (χ0) is 14.8. The third-order valence-corrected chi connectivity index (χ3v) is 3.00. The molecule has 0 radical (unpaired) electrons. The van der Waals surface area contributed by atoms with Gasteiger partial charge in [0.05, 0.1) is 10.0 Å². The van der Waals surface area contributed by atoms with E-state index in [2.05, 4.69) is 25.7 Å². The van der Waals surface area contributed by atoms with Crippen LogP contribution in [0.3, 0.4) is 0 Å². The summed E-state index contributed by atoms with van der Waals surface area (Å²) >= 11 is 2.95. The lowest BCUT2D eigenvalue weighted by Gasteiger charge is -2.14. The van der Waals surface area contributed by atoms with Gasteiger partial charge in [-0.15, -0.1) is 13.2 Å². The van der Waals surface area contributed by atoms with Gasteiger partial charge >= 0.3 is 6.36 Å². The lowest BCUT2D eigenvalue weighted by molar-refractivity contribution is -0.275. The molecule has 0 aliphatic rings. The maximum atomic E-state index is 12.4. The Morgan fingerprint density at radius 1 is 1.15 bits per heavy atom. The molecule has 2 aromatic rings. The average molecular weight is 346 g/mol. The van der Waals surface area contributed by atoms with E-state index in [1.807, 2.05) is 0 Å². The Bertz CT molecular complexity index is 629. The highest BCUT2D eigenvalue weighted by Crippen LogP contribution is 2.34. The summed E-state index contributed by atoms with van der Waals surface area (Å²) in [4.78, 5) is 16.0. The second-order valence-electron chi connectivity index (χ2n) is 3.73. The average Bonchev–Trinajstić information content (AvgIpc) is 2.40. The van der Waals surface area contributed by atoms with Crippen molar-refractivity contribution in [1.82, 2.24) is 4.98 Å². The van der Waals surface area contributed by atoms with E-state index in [4.69, 9.17) is 0 Å². The molecule has 104 valence electrons. The summed E-state index contributed by atoms with van der Waals surface area (Å²) in [6, 6.07) is 6.93. The number of benzene rings is 1. The first-order valence-electron chi connectivity index (χ1n) is 5.37. The summed E-state index contributed by atoms with van der Waals surface area (Å²) in [6.07, 6.45) is -2.11. The number of para-hydroxylation sites is 1. The number of hydrogen-bond donors (Lipinski definition) is 0. The van der Waals surface area contributed by atoms with Crippen LogP contribution in [0.5, 0.6) is 5.75 Å². The highest BCUT2D eigenvalue weighted by atomic mass is 79.9. The van der Waals surface area contributed by atoms with Crippen molar-refractivity contribution in [3.63, 3.8) is 0 Å². The second kappa shape index (κ2) is 5.62. The number of nitrogens with zero attached hydrogens (tertiary/aromatic N) is 1. The number of pyridine rings is 1. The molecule has 2 rings (SSSR count). The molecular formula is C13H7BrF3NO2. The maximum Gasteiger partial charge on any atom is 0.573 e. The van der Waals surface area contributed by atoms with Crippen molar-refractivity contribution in [1.29, 1.82) is 0 Å². The van der Waals surface area contributed by atoms with Crippen LogP contribution in [-0.2, 0) is 0 Å². The minimum absolute atomic E-state index is 0.0507. The van der Waals surface area contributed by atoms with Gasteiger partial charge in [0.15, 0.2) is 11.5 Å². The first kappa shape index (κ1) is 14.5. The van der Waals surface area contributed by atoms with Crippen LogP contribution in [0.25, 0.3) is 0 Å². The molecule has 0 spiro atoms. The van der Waals surface area contributed by atoms with Gasteiger partial charge in [-0.3, -0.25) is 9.78 Å². The van der Waals surface area contributed by atoms with Crippen molar-refractivity contribution in [3.05, 3.63) is 58.3 Å². The second-order valence-corrected chi connectivity index (χ2v) is 4.58. The van der Waals surface area contributed by atoms with Crippen LogP contribution in [0.4, 0.5) is 13.2 Å². The molecule has 1 aromatic heterocycles. The highest BCUT2D eigenvalue weighted by molar-refractivity contribution is 9.10. The minimum atomic E-state index is -4.88. The fraction of sp³-hybridized carbons (Fsp3) is 0.0769. The number of hydrogen-bond acceptors (Lipinski definition) is 3. The van der Waals surface area contributed by atoms with Gasteiger partial charge in [-0.2, -0.15) is 0 Å². The van der Waals surface area contributed by atoms with Gasteiger partial charge in [0.25, 0.3) is 0 Å². The molecule has 20 heavy (non-hydrogen) atoms. The molecule has 3 nitrogen and oxygen atoms in total. The monoisotopic (exact) mass is 345 g/mol. The predicted octanol–water partition coefficient (Wildman–Crippen LogP) is 3.97. The molecule has 0 aliphatic heterocycles. The van der Waals surface area contributed by atoms with E-state index in [0.29, 0.717) is 0 Å². The van der Waals surface area contributed by atoms with Gasteiger partial charge in [0.1, 0.15) is 0 Å². The fourth-order valence-electron chi connectivity index (χ4n) is 1.57. The molecule has 1 heterocycles. The van der Waals surface area contributed by atoms with Crippen molar-refractivity contribution in [2.45, 2.75) is 6.36 Å². The molecule has 0 atom stereocenters. The first-order valence-corrected chi connectivity index (χ1v) is 6.17. The first-order chi connectivity index (χ1) is 9.38. The van der Waals surface area contributed by atoms with E-state index in [0.717, 1.165) is 0 Å². The maximum absolute atomic E-state index is 12.4. The molecule has 0 N–H and O–H groups in total. The van der Waals surface area contributed by atoms with Gasteiger partial charge in [0.2, 0.25) is 0 Å². The number of rotatable bonds is 3. The van der Waals surface area contributed by atoms with E-state index in [9.17, 15) is 18.0 Å². The van der Waals surface area contributed by atoms with Crippen molar-refractivity contribution in [2.75, 3.05) is 0 Å². The smallest absolute Gasteiger partial charge is 0.404 e. The molecule has 0 aliphatic carbocycles. The highest BCUT2D eigenvalue weighted by Gasteiger charge is 2.34. The number of carbonyl (C=O) groups is 1. The molecule has 0 saturated heterocycles. The normalized spacial score (nSPS) is 11.2. The Morgan fingerprint density at radius 3 is 2.40 bits per heavy atom. The van der Waals surface area contributed by atoms with Gasteiger partial charge in [-0.05, 0) is 40.2 Å². The number of ether oxygens (including phenoxy) is 1. The Labute approximate surface area is 120 Å². The molecule has 0 saturated carbocycles. The molecule has 0 fully saturated rings. The Balaban J connectivity index is 2.47. The quantitative estimate of drug-likeness (QED) is 0.790. The van der Waals surface area contributed by atoms with Crippen LogP contribution >= 0.6 is 15.9 Å². The summed E-state index contributed by atoms with van der Waals surface area (Å²) in [6.45, 7) is 0. The molecule has 7 heteroatoms. The van der Waals surface area contributed by atoms with Crippen molar-refractivity contribution >= 4 is 21.7 Å². The van der Waals surface area contributed by atoms with Gasteiger partial charge in [-0.1, -0.05) is 6.07 Å². The van der Waals surface area contributed by atoms with Crippen molar-refractivity contribution < 1.29 is 22.7 Å². The lowest BCUT2D eigenvalue weighted by Crippen LogP contribution is -2.19. The standard InChI is InChI=1S/C13H7BrF3NO2/c14-10-3-1-2-9(12(10)20-13(15,16)17)11(19)8-4-6-18-7-5-8/h1-7H. The van der Waals surface area contributed by atoms with E-state index >= 15 is 0 Å². The van der Waals surface area contributed by atoms with Crippen molar-refractivity contribution in [3.8, 4) is 5.75 Å².